The van der Waals surface area contributed by atoms with E-state index in [4.69, 9.17) is 9.47 Å². The van der Waals surface area contributed by atoms with E-state index in [1.165, 1.54) is 6.33 Å². The molecule has 6 nitrogen and oxygen atoms in total. The van der Waals surface area contributed by atoms with Gasteiger partial charge in [-0.3, -0.25) is 5.10 Å². The Morgan fingerprint density at radius 2 is 2.10 bits per heavy atom. The summed E-state index contributed by atoms with van der Waals surface area (Å²) in [5.41, 5.74) is 1.12. The van der Waals surface area contributed by atoms with Gasteiger partial charge in [-0.15, -0.1) is 0 Å². The lowest BCUT2D eigenvalue weighted by molar-refractivity contribution is 0.230. The number of rotatable bonds is 7. The molecule has 0 saturated carbocycles. The Morgan fingerprint density at radius 1 is 1.25 bits per heavy atom. The second-order valence-corrected chi connectivity index (χ2v) is 4.69. The first-order valence-corrected chi connectivity index (χ1v) is 6.57. The summed E-state index contributed by atoms with van der Waals surface area (Å²) in [6.45, 7) is 5.35. The van der Waals surface area contributed by atoms with Crippen LogP contribution in [0.25, 0.3) is 0 Å². The van der Waals surface area contributed by atoms with E-state index in [0.29, 0.717) is 6.54 Å². The molecular formula is C14H20N4O2. The maximum absolute atomic E-state index is 5.69. The largest absolute Gasteiger partial charge is 0.493 e. The van der Waals surface area contributed by atoms with Gasteiger partial charge in [0.2, 0.25) is 0 Å². The van der Waals surface area contributed by atoms with E-state index in [-0.39, 0.29) is 6.10 Å². The lowest BCUT2D eigenvalue weighted by Crippen LogP contribution is -2.14. The fourth-order valence-electron chi connectivity index (χ4n) is 1.81. The number of nitrogens with one attached hydrogen (secondary N) is 2. The molecule has 2 aromatic rings. The molecule has 0 aliphatic heterocycles. The zero-order chi connectivity index (χ0) is 14.4. The minimum absolute atomic E-state index is 0.124. The van der Waals surface area contributed by atoms with Crippen molar-refractivity contribution in [2.45, 2.75) is 33.0 Å². The first kappa shape index (κ1) is 14.3. The van der Waals surface area contributed by atoms with Gasteiger partial charge in [-0.1, -0.05) is 6.07 Å². The lowest BCUT2D eigenvalue weighted by atomic mass is 10.2. The Hall–Kier alpha value is -2.08. The summed E-state index contributed by atoms with van der Waals surface area (Å²) in [6.07, 6.45) is 1.62. The highest BCUT2D eigenvalue weighted by atomic mass is 16.5. The average molecular weight is 276 g/mol. The van der Waals surface area contributed by atoms with Gasteiger partial charge in [-0.05, 0) is 31.5 Å². The second kappa shape index (κ2) is 6.91. The van der Waals surface area contributed by atoms with Crippen molar-refractivity contribution in [1.82, 2.24) is 20.5 Å². The molecule has 2 rings (SSSR count). The normalized spacial score (nSPS) is 10.8. The van der Waals surface area contributed by atoms with Gasteiger partial charge in [0.1, 0.15) is 12.2 Å². The molecule has 0 aliphatic carbocycles. The lowest BCUT2D eigenvalue weighted by Gasteiger charge is -2.14. The maximum atomic E-state index is 5.69. The number of hydrogen-bond acceptors (Lipinski definition) is 5. The first-order chi connectivity index (χ1) is 9.69. The van der Waals surface area contributed by atoms with Gasteiger partial charge in [0, 0.05) is 6.54 Å². The molecule has 1 heterocycles. The Bertz CT molecular complexity index is 526. The van der Waals surface area contributed by atoms with Crippen molar-refractivity contribution in [3.05, 3.63) is 35.9 Å². The molecule has 1 aromatic heterocycles. The van der Waals surface area contributed by atoms with Crippen LogP contribution in [0.4, 0.5) is 0 Å². The number of aromatic amines is 1. The van der Waals surface area contributed by atoms with E-state index in [1.807, 2.05) is 32.0 Å². The van der Waals surface area contributed by atoms with Crippen LogP contribution in [0.15, 0.2) is 24.5 Å². The molecule has 108 valence electrons. The molecule has 0 radical (unpaired) electrons. The highest BCUT2D eigenvalue weighted by Gasteiger charge is 2.07. The highest BCUT2D eigenvalue weighted by Crippen LogP contribution is 2.28. The summed E-state index contributed by atoms with van der Waals surface area (Å²) in [5.74, 6) is 2.33. The van der Waals surface area contributed by atoms with Crippen molar-refractivity contribution in [3.63, 3.8) is 0 Å². The zero-order valence-electron chi connectivity index (χ0n) is 12.0. The first-order valence-electron chi connectivity index (χ1n) is 6.57. The van der Waals surface area contributed by atoms with Gasteiger partial charge >= 0.3 is 0 Å². The highest BCUT2D eigenvalue weighted by molar-refractivity contribution is 5.43. The van der Waals surface area contributed by atoms with E-state index in [0.717, 1.165) is 29.4 Å². The van der Waals surface area contributed by atoms with E-state index in [9.17, 15) is 0 Å². The second-order valence-electron chi connectivity index (χ2n) is 4.69. The Morgan fingerprint density at radius 3 is 2.75 bits per heavy atom. The quantitative estimate of drug-likeness (QED) is 0.808. The third kappa shape index (κ3) is 3.96. The number of methoxy groups -OCH3 is 1. The Kier molecular flexibility index (Phi) is 4.95. The van der Waals surface area contributed by atoms with Crippen LogP contribution in [0.3, 0.4) is 0 Å². The molecule has 1 aromatic carbocycles. The summed E-state index contributed by atoms with van der Waals surface area (Å²) >= 11 is 0. The van der Waals surface area contributed by atoms with Crippen molar-refractivity contribution in [2.24, 2.45) is 0 Å². The molecular weight excluding hydrogens is 256 g/mol. The number of H-pyrrole nitrogens is 1. The van der Waals surface area contributed by atoms with Gasteiger partial charge in [-0.2, -0.15) is 5.10 Å². The molecule has 6 heteroatoms. The van der Waals surface area contributed by atoms with Crippen molar-refractivity contribution < 1.29 is 9.47 Å². The molecule has 2 N–H and O–H groups in total. The minimum atomic E-state index is 0.124. The van der Waals surface area contributed by atoms with Crippen LogP contribution in [0.1, 0.15) is 25.2 Å². The van der Waals surface area contributed by atoms with Gasteiger partial charge in [-0.25, -0.2) is 4.98 Å². The number of nitrogens with zero attached hydrogens (tertiary/aromatic N) is 2. The van der Waals surface area contributed by atoms with Crippen LogP contribution in [0, 0.1) is 0 Å². The molecule has 0 fully saturated rings. The third-order valence-electron chi connectivity index (χ3n) is 2.68. The number of ether oxygens (including phenoxy) is 2. The number of hydrogen-bond donors (Lipinski definition) is 2. The van der Waals surface area contributed by atoms with Gasteiger partial charge in [0.25, 0.3) is 0 Å². The molecule has 20 heavy (non-hydrogen) atoms. The van der Waals surface area contributed by atoms with Gasteiger partial charge in [0.15, 0.2) is 11.5 Å². The standard InChI is InChI=1S/C14H20N4O2/c1-10(2)20-12-5-4-11(6-13(12)19-3)7-15-8-14-16-9-17-18-14/h4-6,9-10,15H,7-8H2,1-3H3,(H,16,17,18). The van der Waals surface area contributed by atoms with E-state index >= 15 is 0 Å². The smallest absolute Gasteiger partial charge is 0.161 e. The molecule has 0 bridgehead atoms. The van der Waals surface area contributed by atoms with Crippen LogP contribution in [-0.2, 0) is 13.1 Å². The summed E-state index contributed by atoms with van der Waals surface area (Å²) in [6, 6.07) is 5.93. The topological polar surface area (TPSA) is 72.1 Å². The summed E-state index contributed by atoms with van der Waals surface area (Å²) < 4.78 is 11.0. The maximum Gasteiger partial charge on any atom is 0.161 e. The van der Waals surface area contributed by atoms with Crippen molar-refractivity contribution >= 4 is 0 Å². The fourth-order valence-corrected chi connectivity index (χ4v) is 1.81. The number of benzene rings is 1. The van der Waals surface area contributed by atoms with Crippen molar-refractivity contribution in [3.8, 4) is 11.5 Å². The zero-order valence-corrected chi connectivity index (χ0v) is 12.0. The molecule has 0 unspecified atom stereocenters. The molecule has 0 saturated heterocycles. The van der Waals surface area contributed by atoms with Crippen LogP contribution >= 0.6 is 0 Å². The predicted octanol–water partition coefficient (Wildman–Crippen LogP) is 1.89. The summed E-state index contributed by atoms with van der Waals surface area (Å²) in [4.78, 5) is 4.05. The van der Waals surface area contributed by atoms with E-state index in [1.54, 1.807) is 7.11 Å². The molecule has 0 atom stereocenters. The monoisotopic (exact) mass is 276 g/mol. The SMILES string of the molecule is COc1cc(CNCc2ncn[nH]2)ccc1OC(C)C. The Balaban J connectivity index is 1.94. The van der Waals surface area contributed by atoms with Crippen LogP contribution in [-0.4, -0.2) is 28.4 Å². The predicted molar refractivity (Wildman–Crippen MR) is 75.7 cm³/mol. The van der Waals surface area contributed by atoms with Gasteiger partial charge < -0.3 is 14.8 Å². The fraction of sp³-hybridized carbons (Fsp3) is 0.429. The van der Waals surface area contributed by atoms with E-state index < -0.39 is 0 Å². The molecule has 0 aliphatic rings. The summed E-state index contributed by atoms with van der Waals surface area (Å²) in [5, 5.41) is 9.90. The molecule has 0 amide bonds. The van der Waals surface area contributed by atoms with Crippen molar-refractivity contribution in [1.29, 1.82) is 0 Å². The Labute approximate surface area is 118 Å². The number of aromatic nitrogens is 3. The minimum Gasteiger partial charge on any atom is -0.493 e. The van der Waals surface area contributed by atoms with Crippen LogP contribution in [0.2, 0.25) is 0 Å². The van der Waals surface area contributed by atoms with Crippen LogP contribution in [0.5, 0.6) is 11.5 Å². The average Bonchev–Trinajstić information content (AvgIpc) is 2.93. The van der Waals surface area contributed by atoms with Crippen LogP contribution < -0.4 is 14.8 Å². The third-order valence-corrected chi connectivity index (χ3v) is 2.68. The molecule has 0 spiro atoms. The van der Waals surface area contributed by atoms with Crippen molar-refractivity contribution in [2.75, 3.05) is 7.11 Å². The van der Waals surface area contributed by atoms with Gasteiger partial charge in [0.05, 0.1) is 19.8 Å². The summed E-state index contributed by atoms with van der Waals surface area (Å²) in [7, 11) is 1.65. The van der Waals surface area contributed by atoms with E-state index in [2.05, 4.69) is 20.5 Å².